The van der Waals surface area contributed by atoms with Crippen LogP contribution in [0.5, 0.6) is 0 Å². The second-order valence-electron chi connectivity index (χ2n) is 2.92. The number of benzene rings is 1. The Morgan fingerprint density at radius 2 is 2.23 bits per heavy atom. The number of thiol groups is 1. The van der Waals surface area contributed by atoms with Crippen molar-refractivity contribution in [1.29, 1.82) is 0 Å². The molecule has 0 fully saturated rings. The summed E-state index contributed by atoms with van der Waals surface area (Å²) in [5.74, 6) is 0.909. The first kappa shape index (κ1) is 10.9. The Morgan fingerprint density at radius 1 is 1.46 bits per heavy atom. The Hall–Kier alpha value is -0.210. The summed E-state index contributed by atoms with van der Waals surface area (Å²) in [6.07, 6.45) is 5.31. The normalized spacial score (nSPS) is 11.0. The smallest absolute Gasteiger partial charge is 0.0204 e. The quantitative estimate of drug-likeness (QED) is 0.774. The van der Waals surface area contributed by atoms with Crippen LogP contribution in [-0.4, -0.2) is 5.75 Å². The highest BCUT2D eigenvalue weighted by molar-refractivity contribution is 9.10. The number of allylic oxidation sites excluding steroid dienone is 1. The standard InChI is InChI=1S/C11H13BrS/c1-9-8-10(4-2-3-7-13)5-6-11(9)12/h2,4-6,8,13H,3,7H2,1H3. The Bertz CT molecular complexity index is 305. The predicted octanol–water partition coefficient (Wildman–Crippen LogP) is 4.09. The average Bonchev–Trinajstić information content (AvgIpc) is 2.12. The van der Waals surface area contributed by atoms with E-state index in [1.54, 1.807) is 0 Å². The zero-order valence-electron chi connectivity index (χ0n) is 7.63. The summed E-state index contributed by atoms with van der Waals surface area (Å²) in [6, 6.07) is 6.35. The van der Waals surface area contributed by atoms with Crippen LogP contribution in [-0.2, 0) is 0 Å². The van der Waals surface area contributed by atoms with Crippen LogP contribution < -0.4 is 0 Å². The maximum Gasteiger partial charge on any atom is 0.0204 e. The van der Waals surface area contributed by atoms with Crippen LogP contribution in [0.4, 0.5) is 0 Å². The first-order valence-electron chi connectivity index (χ1n) is 4.27. The molecular formula is C11H13BrS. The van der Waals surface area contributed by atoms with Crippen molar-refractivity contribution in [2.75, 3.05) is 5.75 Å². The molecule has 0 heterocycles. The molecule has 13 heavy (non-hydrogen) atoms. The Balaban J connectivity index is 2.73. The Morgan fingerprint density at radius 3 is 2.85 bits per heavy atom. The van der Waals surface area contributed by atoms with Gasteiger partial charge in [0.05, 0.1) is 0 Å². The molecule has 0 saturated heterocycles. The van der Waals surface area contributed by atoms with Gasteiger partial charge < -0.3 is 0 Å². The van der Waals surface area contributed by atoms with E-state index in [0.29, 0.717) is 0 Å². The lowest BCUT2D eigenvalue weighted by molar-refractivity contribution is 1.26. The molecule has 0 N–H and O–H groups in total. The van der Waals surface area contributed by atoms with Crippen LogP contribution in [0.25, 0.3) is 6.08 Å². The maximum absolute atomic E-state index is 4.14. The largest absolute Gasteiger partial charge is 0.179 e. The summed E-state index contributed by atoms with van der Waals surface area (Å²) in [4.78, 5) is 0. The summed E-state index contributed by atoms with van der Waals surface area (Å²) in [5, 5.41) is 0. The van der Waals surface area contributed by atoms with Gasteiger partial charge in [0, 0.05) is 4.47 Å². The third-order valence-electron chi connectivity index (χ3n) is 1.79. The topological polar surface area (TPSA) is 0 Å². The zero-order valence-corrected chi connectivity index (χ0v) is 10.1. The van der Waals surface area contributed by atoms with Crippen LogP contribution in [0.1, 0.15) is 17.5 Å². The SMILES string of the molecule is Cc1cc(C=CCCS)ccc1Br. The molecule has 0 unspecified atom stereocenters. The van der Waals surface area contributed by atoms with E-state index in [-0.39, 0.29) is 0 Å². The van der Waals surface area contributed by atoms with Gasteiger partial charge in [0.2, 0.25) is 0 Å². The van der Waals surface area contributed by atoms with E-state index < -0.39 is 0 Å². The molecule has 70 valence electrons. The molecule has 1 aromatic rings. The van der Waals surface area contributed by atoms with Crippen LogP contribution in [0.2, 0.25) is 0 Å². The summed E-state index contributed by atoms with van der Waals surface area (Å²) < 4.78 is 1.17. The molecule has 0 amide bonds. The van der Waals surface area contributed by atoms with Crippen LogP contribution >= 0.6 is 28.6 Å². The number of halogens is 1. The minimum absolute atomic E-state index is 0.909. The fourth-order valence-corrected chi connectivity index (χ4v) is 1.46. The van der Waals surface area contributed by atoms with E-state index in [2.05, 4.69) is 65.8 Å². The highest BCUT2D eigenvalue weighted by Gasteiger charge is 1.93. The van der Waals surface area contributed by atoms with Gasteiger partial charge in [-0.25, -0.2) is 0 Å². The highest BCUT2D eigenvalue weighted by atomic mass is 79.9. The molecule has 0 nitrogen and oxygen atoms in total. The Labute approximate surface area is 93.6 Å². The summed E-state index contributed by atoms with van der Waals surface area (Å²) >= 11 is 7.62. The van der Waals surface area contributed by atoms with Gasteiger partial charge in [-0.2, -0.15) is 12.6 Å². The van der Waals surface area contributed by atoms with Crippen molar-refractivity contribution in [2.24, 2.45) is 0 Å². The lowest BCUT2D eigenvalue weighted by Gasteiger charge is -1.98. The molecule has 1 aromatic carbocycles. The van der Waals surface area contributed by atoms with Gasteiger partial charge in [0.25, 0.3) is 0 Å². The molecule has 0 aliphatic heterocycles. The van der Waals surface area contributed by atoms with Crippen molar-refractivity contribution < 1.29 is 0 Å². The minimum Gasteiger partial charge on any atom is -0.179 e. The number of hydrogen-bond acceptors (Lipinski definition) is 1. The molecule has 0 radical (unpaired) electrons. The average molecular weight is 257 g/mol. The molecule has 0 saturated carbocycles. The van der Waals surface area contributed by atoms with E-state index in [4.69, 9.17) is 0 Å². The molecule has 1 rings (SSSR count). The summed E-state index contributed by atoms with van der Waals surface area (Å²) in [5.41, 5.74) is 2.52. The van der Waals surface area contributed by atoms with Crippen molar-refractivity contribution >= 4 is 34.6 Å². The second kappa shape index (κ2) is 5.51. The molecule has 2 heteroatoms. The molecule has 0 aliphatic carbocycles. The summed E-state index contributed by atoms with van der Waals surface area (Å²) in [7, 11) is 0. The third kappa shape index (κ3) is 3.57. The third-order valence-corrected chi connectivity index (χ3v) is 2.94. The van der Waals surface area contributed by atoms with E-state index in [1.807, 2.05) is 0 Å². The van der Waals surface area contributed by atoms with Crippen LogP contribution in [0.15, 0.2) is 28.7 Å². The van der Waals surface area contributed by atoms with Gasteiger partial charge in [-0.05, 0) is 36.3 Å². The van der Waals surface area contributed by atoms with E-state index >= 15 is 0 Å². The van der Waals surface area contributed by atoms with Crippen molar-refractivity contribution in [3.8, 4) is 0 Å². The van der Waals surface area contributed by atoms with E-state index in [9.17, 15) is 0 Å². The fraction of sp³-hybridized carbons (Fsp3) is 0.273. The van der Waals surface area contributed by atoms with Gasteiger partial charge in [0.15, 0.2) is 0 Å². The maximum atomic E-state index is 4.14. The zero-order chi connectivity index (χ0) is 9.68. The fourth-order valence-electron chi connectivity index (χ4n) is 1.07. The van der Waals surface area contributed by atoms with Gasteiger partial charge in [-0.1, -0.05) is 40.2 Å². The number of hydrogen-bond donors (Lipinski definition) is 1. The van der Waals surface area contributed by atoms with Gasteiger partial charge in [-0.15, -0.1) is 0 Å². The van der Waals surface area contributed by atoms with Gasteiger partial charge in [-0.3, -0.25) is 0 Å². The van der Waals surface area contributed by atoms with Gasteiger partial charge in [0.1, 0.15) is 0 Å². The molecule has 0 atom stereocenters. The van der Waals surface area contributed by atoms with Crippen molar-refractivity contribution in [1.82, 2.24) is 0 Å². The summed E-state index contributed by atoms with van der Waals surface area (Å²) in [6.45, 7) is 2.10. The van der Waals surface area contributed by atoms with Crippen LogP contribution in [0, 0.1) is 6.92 Å². The lowest BCUT2D eigenvalue weighted by Crippen LogP contribution is -1.78. The lowest BCUT2D eigenvalue weighted by atomic mass is 10.1. The molecule has 0 aromatic heterocycles. The van der Waals surface area contributed by atoms with Crippen molar-refractivity contribution in [3.63, 3.8) is 0 Å². The van der Waals surface area contributed by atoms with Crippen molar-refractivity contribution in [2.45, 2.75) is 13.3 Å². The van der Waals surface area contributed by atoms with Crippen LogP contribution in [0.3, 0.4) is 0 Å². The molecular weight excluding hydrogens is 244 g/mol. The van der Waals surface area contributed by atoms with E-state index in [0.717, 1.165) is 12.2 Å². The van der Waals surface area contributed by atoms with Gasteiger partial charge >= 0.3 is 0 Å². The minimum atomic E-state index is 0.909. The number of rotatable bonds is 3. The number of aryl methyl sites for hydroxylation is 1. The molecule has 0 spiro atoms. The second-order valence-corrected chi connectivity index (χ2v) is 4.22. The molecule has 0 aliphatic rings. The monoisotopic (exact) mass is 256 g/mol. The van der Waals surface area contributed by atoms with Crippen molar-refractivity contribution in [3.05, 3.63) is 39.9 Å². The first-order chi connectivity index (χ1) is 6.24. The predicted molar refractivity (Wildman–Crippen MR) is 66.4 cm³/mol. The molecule has 0 bridgehead atoms. The van der Waals surface area contributed by atoms with E-state index in [1.165, 1.54) is 15.6 Å². The highest BCUT2D eigenvalue weighted by Crippen LogP contribution is 2.17. The Kier molecular flexibility index (Phi) is 4.60. The first-order valence-corrected chi connectivity index (χ1v) is 5.70.